The highest BCUT2D eigenvalue weighted by Crippen LogP contribution is 2.28. The lowest BCUT2D eigenvalue weighted by Gasteiger charge is -2.19. The highest BCUT2D eigenvalue weighted by atomic mass is 79.9. The smallest absolute Gasteiger partial charge is 0.123 e. The first-order chi connectivity index (χ1) is 9.11. The van der Waals surface area contributed by atoms with Crippen LogP contribution in [0.5, 0.6) is 0 Å². The molecule has 0 radical (unpaired) electrons. The van der Waals surface area contributed by atoms with Gasteiger partial charge in [0.05, 0.1) is 0 Å². The monoisotopic (exact) mass is 321 g/mol. The molecule has 2 aromatic rings. The van der Waals surface area contributed by atoms with Crippen molar-refractivity contribution in [1.29, 1.82) is 0 Å². The van der Waals surface area contributed by atoms with Crippen LogP contribution in [0, 0.1) is 12.7 Å². The Balaban J connectivity index is 2.25. The van der Waals surface area contributed by atoms with E-state index in [0.29, 0.717) is 0 Å². The maximum absolute atomic E-state index is 12.9. The van der Waals surface area contributed by atoms with E-state index in [4.69, 9.17) is 0 Å². The minimum absolute atomic E-state index is 0.193. The topological polar surface area (TPSA) is 12.0 Å². The molecule has 1 unspecified atom stereocenters. The van der Waals surface area contributed by atoms with Crippen LogP contribution < -0.4 is 5.32 Å². The van der Waals surface area contributed by atoms with Crippen molar-refractivity contribution in [2.75, 3.05) is 7.05 Å². The van der Waals surface area contributed by atoms with Gasteiger partial charge in [-0.05, 0) is 49.2 Å². The van der Waals surface area contributed by atoms with Crippen molar-refractivity contribution in [3.63, 3.8) is 0 Å². The lowest BCUT2D eigenvalue weighted by atomic mass is 9.98. The second-order valence-corrected chi connectivity index (χ2v) is 5.44. The number of aryl methyl sites for hydroxylation is 1. The van der Waals surface area contributed by atoms with Crippen molar-refractivity contribution in [2.45, 2.75) is 19.4 Å². The molecule has 1 atom stereocenters. The van der Waals surface area contributed by atoms with Gasteiger partial charge in [0.25, 0.3) is 0 Å². The summed E-state index contributed by atoms with van der Waals surface area (Å²) in [6.07, 6.45) is 0.832. The van der Waals surface area contributed by atoms with Crippen LogP contribution in [0.4, 0.5) is 4.39 Å². The van der Waals surface area contributed by atoms with Crippen LogP contribution in [-0.4, -0.2) is 7.05 Å². The number of likely N-dealkylation sites (N-methyl/N-ethyl adjacent to an activating group) is 1. The maximum atomic E-state index is 12.9. The maximum Gasteiger partial charge on any atom is 0.123 e. The van der Waals surface area contributed by atoms with Crippen molar-refractivity contribution < 1.29 is 4.39 Å². The van der Waals surface area contributed by atoms with Crippen molar-refractivity contribution in [2.24, 2.45) is 0 Å². The molecule has 0 fully saturated rings. The van der Waals surface area contributed by atoms with Crippen LogP contribution in [-0.2, 0) is 6.42 Å². The van der Waals surface area contributed by atoms with Crippen molar-refractivity contribution >= 4 is 15.9 Å². The molecule has 2 rings (SSSR count). The van der Waals surface area contributed by atoms with E-state index in [1.165, 1.54) is 23.3 Å². The molecular weight excluding hydrogens is 305 g/mol. The Morgan fingerprint density at radius 1 is 1.16 bits per heavy atom. The Hall–Kier alpha value is -1.19. The Labute approximate surface area is 122 Å². The highest BCUT2D eigenvalue weighted by molar-refractivity contribution is 9.10. The van der Waals surface area contributed by atoms with Gasteiger partial charge in [-0.2, -0.15) is 0 Å². The van der Waals surface area contributed by atoms with E-state index < -0.39 is 0 Å². The number of benzene rings is 2. The molecular formula is C16H17BrFN. The van der Waals surface area contributed by atoms with Crippen LogP contribution in [0.25, 0.3) is 0 Å². The molecule has 2 aromatic carbocycles. The molecule has 0 spiro atoms. The van der Waals surface area contributed by atoms with Crippen molar-refractivity contribution in [3.05, 3.63) is 69.4 Å². The van der Waals surface area contributed by atoms with Crippen molar-refractivity contribution in [3.8, 4) is 0 Å². The second kappa shape index (κ2) is 6.31. The van der Waals surface area contributed by atoms with Gasteiger partial charge in [0.2, 0.25) is 0 Å². The highest BCUT2D eigenvalue weighted by Gasteiger charge is 2.14. The first-order valence-electron chi connectivity index (χ1n) is 6.28. The Bertz CT molecular complexity index is 551. The van der Waals surface area contributed by atoms with Crippen molar-refractivity contribution in [1.82, 2.24) is 5.32 Å². The third kappa shape index (κ3) is 3.43. The summed E-state index contributed by atoms with van der Waals surface area (Å²) in [6.45, 7) is 2.08. The van der Waals surface area contributed by atoms with E-state index in [9.17, 15) is 4.39 Å². The number of halogens is 2. The number of hydrogen-bond donors (Lipinski definition) is 1. The summed E-state index contributed by atoms with van der Waals surface area (Å²) < 4.78 is 14.1. The predicted octanol–water partition coefficient (Wildman–Crippen LogP) is 4.40. The van der Waals surface area contributed by atoms with Gasteiger partial charge in [-0.1, -0.05) is 46.3 Å². The largest absolute Gasteiger partial charge is 0.313 e. The molecule has 0 saturated heterocycles. The summed E-state index contributed by atoms with van der Waals surface area (Å²) in [6, 6.07) is 13.2. The quantitative estimate of drug-likeness (QED) is 0.880. The molecule has 19 heavy (non-hydrogen) atoms. The van der Waals surface area contributed by atoms with Crippen LogP contribution in [0.2, 0.25) is 0 Å². The minimum atomic E-state index is -0.193. The summed E-state index contributed by atoms with van der Waals surface area (Å²) >= 11 is 3.65. The normalized spacial score (nSPS) is 12.4. The Morgan fingerprint density at radius 2 is 1.84 bits per heavy atom. The van der Waals surface area contributed by atoms with E-state index in [-0.39, 0.29) is 11.9 Å². The third-order valence-corrected chi connectivity index (χ3v) is 4.38. The lowest BCUT2D eigenvalue weighted by molar-refractivity contribution is 0.586. The summed E-state index contributed by atoms with van der Waals surface area (Å²) in [5.74, 6) is -0.193. The predicted molar refractivity (Wildman–Crippen MR) is 80.8 cm³/mol. The second-order valence-electron chi connectivity index (χ2n) is 4.65. The minimum Gasteiger partial charge on any atom is -0.313 e. The molecule has 3 heteroatoms. The van der Waals surface area contributed by atoms with Gasteiger partial charge >= 0.3 is 0 Å². The first kappa shape index (κ1) is 14.2. The summed E-state index contributed by atoms with van der Waals surface area (Å²) in [7, 11) is 1.95. The Kier molecular flexibility index (Phi) is 4.72. The standard InChI is InChI=1S/C16H17BrFN/c1-11-4-3-5-14(16(11)17)15(19-2)10-12-6-8-13(18)9-7-12/h3-9,15,19H,10H2,1-2H3. The van der Waals surface area contributed by atoms with Crippen LogP contribution in [0.1, 0.15) is 22.7 Å². The molecule has 0 amide bonds. The number of nitrogens with one attached hydrogen (secondary N) is 1. The molecule has 0 bridgehead atoms. The van der Waals surface area contributed by atoms with Gasteiger partial charge in [-0.15, -0.1) is 0 Å². The molecule has 100 valence electrons. The van der Waals surface area contributed by atoms with Gasteiger partial charge < -0.3 is 5.32 Å². The molecule has 0 aliphatic rings. The molecule has 1 nitrogen and oxygen atoms in total. The van der Waals surface area contributed by atoms with E-state index in [1.54, 1.807) is 0 Å². The number of rotatable bonds is 4. The van der Waals surface area contributed by atoms with Crippen LogP contribution in [0.15, 0.2) is 46.9 Å². The average molecular weight is 322 g/mol. The van der Waals surface area contributed by atoms with Gasteiger partial charge in [0.1, 0.15) is 5.82 Å². The SMILES string of the molecule is CNC(Cc1ccc(F)cc1)c1cccc(C)c1Br. The fourth-order valence-corrected chi connectivity index (χ4v) is 2.70. The van der Waals surface area contributed by atoms with Gasteiger partial charge in [0, 0.05) is 10.5 Å². The fraction of sp³-hybridized carbons (Fsp3) is 0.250. The molecule has 0 aromatic heterocycles. The van der Waals surface area contributed by atoms with E-state index in [1.807, 2.05) is 19.2 Å². The summed E-state index contributed by atoms with van der Waals surface area (Å²) in [5, 5.41) is 3.33. The summed E-state index contributed by atoms with van der Waals surface area (Å²) in [4.78, 5) is 0. The molecule has 0 saturated carbocycles. The van der Waals surface area contributed by atoms with Gasteiger partial charge in [-0.3, -0.25) is 0 Å². The average Bonchev–Trinajstić information content (AvgIpc) is 2.42. The van der Waals surface area contributed by atoms with E-state index >= 15 is 0 Å². The van der Waals surface area contributed by atoms with Gasteiger partial charge in [0.15, 0.2) is 0 Å². The molecule has 0 aliphatic heterocycles. The van der Waals surface area contributed by atoms with Crippen LogP contribution in [0.3, 0.4) is 0 Å². The third-order valence-electron chi connectivity index (χ3n) is 3.30. The number of hydrogen-bond acceptors (Lipinski definition) is 1. The lowest BCUT2D eigenvalue weighted by Crippen LogP contribution is -2.19. The van der Waals surface area contributed by atoms with Crippen LogP contribution >= 0.6 is 15.9 Å². The molecule has 1 N–H and O–H groups in total. The molecule has 0 heterocycles. The zero-order valence-corrected chi connectivity index (χ0v) is 12.7. The zero-order chi connectivity index (χ0) is 13.8. The zero-order valence-electron chi connectivity index (χ0n) is 11.1. The molecule has 0 aliphatic carbocycles. The van der Waals surface area contributed by atoms with E-state index in [2.05, 4.69) is 46.4 Å². The fourth-order valence-electron chi connectivity index (χ4n) is 2.16. The van der Waals surface area contributed by atoms with Gasteiger partial charge in [-0.25, -0.2) is 4.39 Å². The van der Waals surface area contributed by atoms with E-state index in [0.717, 1.165) is 16.5 Å². The Morgan fingerprint density at radius 3 is 2.47 bits per heavy atom. The summed E-state index contributed by atoms with van der Waals surface area (Å²) in [5.41, 5.74) is 3.57. The first-order valence-corrected chi connectivity index (χ1v) is 7.08.